The number of non-ortho nitro benzene ring substituents is 1. The van der Waals surface area contributed by atoms with Crippen LogP contribution in [0.1, 0.15) is 16.7 Å². The first-order chi connectivity index (χ1) is 10.2. The highest BCUT2D eigenvalue weighted by Crippen LogP contribution is 2.41. The molecule has 0 N–H and O–H groups in total. The molecule has 0 fully saturated rings. The molecule has 0 saturated heterocycles. The first kappa shape index (κ1) is 15.8. The van der Waals surface area contributed by atoms with E-state index in [2.05, 4.69) is 0 Å². The van der Waals surface area contributed by atoms with E-state index in [0.29, 0.717) is 22.9 Å². The number of benzene rings is 2. The molecule has 0 aliphatic heterocycles. The monoisotopic (exact) mass is 311 g/mol. The fourth-order valence-electron chi connectivity index (χ4n) is 2.01. The summed E-state index contributed by atoms with van der Waals surface area (Å²) in [5.74, 6) is -0.155. The summed E-state index contributed by atoms with van der Waals surface area (Å²) in [6.45, 7) is 3.42. The quantitative estimate of drug-likeness (QED) is 0.590. The van der Waals surface area contributed by atoms with Crippen LogP contribution in [0.4, 0.5) is 18.9 Å². The van der Waals surface area contributed by atoms with Crippen molar-refractivity contribution in [2.24, 2.45) is 0 Å². The van der Waals surface area contributed by atoms with Crippen LogP contribution in [0.25, 0.3) is 0 Å². The van der Waals surface area contributed by atoms with Gasteiger partial charge in [0.2, 0.25) is 0 Å². The normalized spacial score (nSPS) is 11.3. The van der Waals surface area contributed by atoms with E-state index in [9.17, 15) is 23.3 Å². The van der Waals surface area contributed by atoms with Crippen LogP contribution in [0.15, 0.2) is 36.4 Å². The van der Waals surface area contributed by atoms with Crippen LogP contribution in [0.5, 0.6) is 11.5 Å². The standard InChI is InChI=1S/C15H12F3NO3/c1-9-4-3-5-10(2)14(9)22-13-7-6-11(19(20)21)8-12(13)15(16,17)18/h3-8H,1-2H3. The number of para-hydroxylation sites is 1. The maximum atomic E-state index is 13.1. The zero-order valence-corrected chi connectivity index (χ0v) is 11.8. The largest absolute Gasteiger partial charge is 0.456 e. The van der Waals surface area contributed by atoms with Crippen molar-refractivity contribution in [3.63, 3.8) is 0 Å². The van der Waals surface area contributed by atoms with Crippen molar-refractivity contribution in [2.45, 2.75) is 20.0 Å². The molecule has 4 nitrogen and oxygen atoms in total. The van der Waals surface area contributed by atoms with Gasteiger partial charge in [-0.25, -0.2) is 0 Å². The topological polar surface area (TPSA) is 52.4 Å². The smallest absolute Gasteiger partial charge is 0.420 e. The maximum Gasteiger partial charge on any atom is 0.420 e. The lowest BCUT2D eigenvalue weighted by Gasteiger charge is -2.16. The lowest BCUT2D eigenvalue weighted by atomic mass is 10.1. The van der Waals surface area contributed by atoms with Gasteiger partial charge in [0.05, 0.1) is 4.92 Å². The molecule has 0 aromatic heterocycles. The molecule has 2 aromatic rings. The van der Waals surface area contributed by atoms with Gasteiger partial charge in [-0.2, -0.15) is 13.2 Å². The summed E-state index contributed by atoms with van der Waals surface area (Å²) < 4.78 is 44.7. The average Bonchev–Trinajstić information content (AvgIpc) is 2.42. The second kappa shape index (κ2) is 5.67. The highest BCUT2D eigenvalue weighted by molar-refractivity contribution is 5.49. The molecule has 116 valence electrons. The molecule has 0 atom stereocenters. The van der Waals surface area contributed by atoms with Gasteiger partial charge >= 0.3 is 6.18 Å². The van der Waals surface area contributed by atoms with Gasteiger partial charge < -0.3 is 4.74 Å². The molecule has 0 unspecified atom stereocenters. The van der Waals surface area contributed by atoms with Crippen molar-refractivity contribution in [1.82, 2.24) is 0 Å². The predicted octanol–water partition coefficient (Wildman–Crippen LogP) is 5.02. The third-order valence-electron chi connectivity index (χ3n) is 3.10. The van der Waals surface area contributed by atoms with E-state index in [1.807, 2.05) is 0 Å². The fraction of sp³-hybridized carbons (Fsp3) is 0.200. The Hall–Kier alpha value is -2.57. The molecule has 2 aromatic carbocycles. The van der Waals surface area contributed by atoms with Crippen molar-refractivity contribution in [3.8, 4) is 11.5 Å². The molecule has 0 spiro atoms. The third-order valence-corrected chi connectivity index (χ3v) is 3.10. The Labute approximate surface area is 124 Å². The molecular weight excluding hydrogens is 299 g/mol. The van der Waals surface area contributed by atoms with Crippen LogP contribution in [0.3, 0.4) is 0 Å². The number of alkyl halides is 3. The second-order valence-electron chi connectivity index (χ2n) is 4.76. The number of hydrogen-bond acceptors (Lipinski definition) is 3. The molecule has 0 aliphatic rings. The molecule has 0 radical (unpaired) electrons. The highest BCUT2D eigenvalue weighted by Gasteiger charge is 2.36. The average molecular weight is 311 g/mol. The van der Waals surface area contributed by atoms with E-state index in [-0.39, 0.29) is 0 Å². The van der Waals surface area contributed by atoms with Crippen LogP contribution in [0, 0.1) is 24.0 Å². The van der Waals surface area contributed by atoms with Crippen LogP contribution < -0.4 is 4.74 Å². The van der Waals surface area contributed by atoms with Gasteiger partial charge in [-0.15, -0.1) is 0 Å². The molecular formula is C15H12F3NO3. The first-order valence-corrected chi connectivity index (χ1v) is 6.30. The van der Waals surface area contributed by atoms with Crippen molar-refractivity contribution in [1.29, 1.82) is 0 Å². The highest BCUT2D eigenvalue weighted by atomic mass is 19.4. The molecule has 0 heterocycles. The number of halogens is 3. The van der Waals surface area contributed by atoms with Crippen molar-refractivity contribution in [3.05, 3.63) is 63.2 Å². The summed E-state index contributed by atoms with van der Waals surface area (Å²) in [5, 5.41) is 10.7. The van der Waals surface area contributed by atoms with Gasteiger partial charge in [0.1, 0.15) is 17.1 Å². The van der Waals surface area contributed by atoms with Crippen molar-refractivity contribution < 1.29 is 22.8 Å². The Balaban J connectivity index is 2.53. The minimum atomic E-state index is -4.75. The van der Waals surface area contributed by atoms with E-state index in [0.717, 1.165) is 12.1 Å². The molecule has 7 heteroatoms. The summed E-state index contributed by atoms with van der Waals surface area (Å²) in [7, 11) is 0. The minimum Gasteiger partial charge on any atom is -0.456 e. The van der Waals surface area contributed by atoms with Gasteiger partial charge in [0.25, 0.3) is 5.69 Å². The number of rotatable bonds is 3. The Morgan fingerprint density at radius 1 is 1.09 bits per heavy atom. The van der Waals surface area contributed by atoms with E-state index < -0.39 is 28.1 Å². The summed E-state index contributed by atoms with van der Waals surface area (Å²) >= 11 is 0. The Bertz CT molecular complexity index is 706. The zero-order chi connectivity index (χ0) is 16.5. The molecule has 0 amide bonds. The molecule has 22 heavy (non-hydrogen) atoms. The third kappa shape index (κ3) is 3.19. The molecule has 2 rings (SSSR count). The minimum absolute atomic E-state index is 0.307. The fourth-order valence-corrected chi connectivity index (χ4v) is 2.01. The Morgan fingerprint density at radius 2 is 1.68 bits per heavy atom. The first-order valence-electron chi connectivity index (χ1n) is 6.30. The van der Waals surface area contributed by atoms with Gasteiger partial charge in [-0.1, -0.05) is 18.2 Å². The second-order valence-corrected chi connectivity index (χ2v) is 4.76. The lowest BCUT2D eigenvalue weighted by Crippen LogP contribution is -2.08. The Kier molecular flexibility index (Phi) is 4.07. The Morgan fingerprint density at radius 3 is 2.18 bits per heavy atom. The van der Waals surface area contributed by atoms with Crippen LogP contribution in [-0.4, -0.2) is 4.92 Å². The van der Waals surface area contributed by atoms with Gasteiger partial charge in [0, 0.05) is 12.1 Å². The van der Waals surface area contributed by atoms with Crippen LogP contribution in [-0.2, 0) is 6.18 Å². The molecule has 0 aliphatic carbocycles. The zero-order valence-electron chi connectivity index (χ0n) is 11.8. The van der Waals surface area contributed by atoms with Gasteiger partial charge in [-0.3, -0.25) is 10.1 Å². The molecule has 0 saturated carbocycles. The van der Waals surface area contributed by atoms with Crippen molar-refractivity contribution >= 4 is 5.69 Å². The number of ether oxygens (including phenoxy) is 1. The summed E-state index contributed by atoms with van der Waals surface area (Å²) in [6, 6.07) is 7.61. The SMILES string of the molecule is Cc1cccc(C)c1Oc1ccc([N+](=O)[O-])cc1C(F)(F)F. The molecule has 0 bridgehead atoms. The van der Waals surface area contributed by atoms with Crippen LogP contribution >= 0.6 is 0 Å². The predicted molar refractivity (Wildman–Crippen MR) is 74.1 cm³/mol. The summed E-state index contributed by atoms with van der Waals surface area (Å²) in [5.41, 5.74) is -0.469. The van der Waals surface area contributed by atoms with Crippen molar-refractivity contribution in [2.75, 3.05) is 0 Å². The van der Waals surface area contributed by atoms with Gasteiger partial charge in [0.15, 0.2) is 0 Å². The number of nitrogens with zero attached hydrogens (tertiary/aromatic N) is 1. The van der Waals surface area contributed by atoms with Gasteiger partial charge in [-0.05, 0) is 31.0 Å². The van der Waals surface area contributed by atoms with E-state index in [1.54, 1.807) is 32.0 Å². The van der Waals surface area contributed by atoms with E-state index >= 15 is 0 Å². The van der Waals surface area contributed by atoms with E-state index in [4.69, 9.17) is 4.74 Å². The van der Waals surface area contributed by atoms with Crippen LogP contribution in [0.2, 0.25) is 0 Å². The lowest BCUT2D eigenvalue weighted by molar-refractivity contribution is -0.385. The number of nitro groups is 1. The number of aryl methyl sites for hydroxylation is 2. The maximum absolute atomic E-state index is 13.1. The van der Waals surface area contributed by atoms with E-state index in [1.165, 1.54) is 0 Å². The number of nitro benzene ring substituents is 1. The number of hydrogen-bond donors (Lipinski definition) is 0. The summed E-state index contributed by atoms with van der Waals surface area (Å²) in [6.07, 6.45) is -4.75. The summed E-state index contributed by atoms with van der Waals surface area (Å²) in [4.78, 5) is 9.78.